The van der Waals surface area contributed by atoms with Gasteiger partial charge in [-0.25, -0.2) is 0 Å². The van der Waals surface area contributed by atoms with Crippen LogP contribution in [-0.4, -0.2) is 41.5 Å². The lowest BCUT2D eigenvalue weighted by atomic mass is 9.38. The van der Waals surface area contributed by atoms with Gasteiger partial charge in [-0.2, -0.15) is 0 Å². The summed E-state index contributed by atoms with van der Waals surface area (Å²) >= 11 is 0. The summed E-state index contributed by atoms with van der Waals surface area (Å²) in [5.74, 6) is -0.439. The van der Waals surface area contributed by atoms with Crippen LogP contribution in [0.4, 0.5) is 0 Å². The van der Waals surface area contributed by atoms with E-state index >= 15 is 0 Å². The molecule has 184 valence electrons. The van der Waals surface area contributed by atoms with E-state index in [9.17, 15) is 19.5 Å². The first-order chi connectivity index (χ1) is 15.8. The molecule has 2 N–H and O–H groups in total. The summed E-state index contributed by atoms with van der Waals surface area (Å²) in [5, 5.41) is 14.7. The molecule has 6 nitrogen and oxygen atoms in total. The number of nitrogens with one attached hydrogen (secondary N) is 1. The van der Waals surface area contributed by atoms with Gasteiger partial charge in [0.1, 0.15) is 6.10 Å². The van der Waals surface area contributed by atoms with Crippen LogP contribution in [0.2, 0.25) is 0 Å². The molecule has 0 aromatic carbocycles. The van der Waals surface area contributed by atoms with Crippen molar-refractivity contribution in [3.8, 4) is 0 Å². The summed E-state index contributed by atoms with van der Waals surface area (Å²) < 4.78 is 6.05. The standard InChI is InChI=1S/C28H37NO5/c1-15(30)34-23-14-20-26(4)11-9-21(31)25(2,3)19(26)13-22(32)28(20,6)18-8-7-17(27(18,23)5)16-10-12-29-24(16)33/h8-11,17,19-20,22-23,32H,7,12-14H2,1-6H3,(H,29,33). The van der Waals surface area contributed by atoms with Crippen molar-refractivity contribution in [2.75, 3.05) is 6.54 Å². The first kappa shape index (κ1) is 23.5. The zero-order valence-corrected chi connectivity index (χ0v) is 21.1. The van der Waals surface area contributed by atoms with Gasteiger partial charge >= 0.3 is 5.97 Å². The number of ketones is 1. The van der Waals surface area contributed by atoms with E-state index in [0.717, 1.165) is 11.1 Å². The minimum Gasteiger partial charge on any atom is -0.462 e. The molecule has 6 heteroatoms. The first-order valence-corrected chi connectivity index (χ1v) is 12.6. The predicted molar refractivity (Wildman–Crippen MR) is 127 cm³/mol. The monoisotopic (exact) mass is 467 g/mol. The maximum absolute atomic E-state index is 12.8. The largest absolute Gasteiger partial charge is 0.462 e. The van der Waals surface area contributed by atoms with E-state index in [1.807, 2.05) is 19.9 Å². The van der Waals surface area contributed by atoms with Gasteiger partial charge in [0.15, 0.2) is 5.78 Å². The molecule has 1 heterocycles. The van der Waals surface area contributed by atoms with Crippen molar-refractivity contribution in [3.05, 3.63) is 35.5 Å². The summed E-state index contributed by atoms with van der Waals surface area (Å²) in [4.78, 5) is 37.8. The molecule has 0 aromatic heterocycles. The number of aliphatic hydroxyl groups excluding tert-OH is 1. The topological polar surface area (TPSA) is 92.7 Å². The number of rotatable bonds is 2. The van der Waals surface area contributed by atoms with Crippen LogP contribution in [0.5, 0.6) is 0 Å². The van der Waals surface area contributed by atoms with Crippen molar-refractivity contribution >= 4 is 17.7 Å². The lowest BCUT2D eigenvalue weighted by Gasteiger charge is -2.67. The molecular weight excluding hydrogens is 430 g/mol. The van der Waals surface area contributed by atoms with Crippen LogP contribution < -0.4 is 5.32 Å². The van der Waals surface area contributed by atoms with Gasteiger partial charge in [0.05, 0.1) is 6.10 Å². The van der Waals surface area contributed by atoms with Crippen LogP contribution in [0.3, 0.4) is 0 Å². The zero-order chi connectivity index (χ0) is 24.8. The fourth-order valence-corrected chi connectivity index (χ4v) is 8.77. The highest BCUT2D eigenvalue weighted by Gasteiger charge is 2.70. The molecule has 8 unspecified atom stereocenters. The molecule has 8 atom stereocenters. The second-order valence-electron chi connectivity index (χ2n) is 12.3. The first-order valence-electron chi connectivity index (χ1n) is 12.6. The van der Waals surface area contributed by atoms with Gasteiger partial charge in [-0.05, 0) is 42.6 Å². The molecule has 0 saturated heterocycles. The van der Waals surface area contributed by atoms with Crippen LogP contribution in [0, 0.1) is 39.4 Å². The molecule has 5 rings (SSSR count). The number of carbonyl (C=O) groups is 3. The van der Waals surface area contributed by atoms with Crippen molar-refractivity contribution in [1.29, 1.82) is 0 Å². The van der Waals surface area contributed by atoms with E-state index in [1.54, 1.807) is 6.08 Å². The number of fused-ring (bicyclic) bond motifs is 5. The molecule has 0 spiro atoms. The molecule has 2 saturated carbocycles. The maximum Gasteiger partial charge on any atom is 0.302 e. The Kier molecular flexibility index (Phi) is 4.95. The van der Waals surface area contributed by atoms with E-state index < -0.39 is 28.5 Å². The Morgan fingerprint density at radius 3 is 2.38 bits per heavy atom. The highest BCUT2D eigenvalue weighted by Crippen LogP contribution is 2.72. The summed E-state index contributed by atoms with van der Waals surface area (Å²) in [6, 6.07) is 0. The molecule has 1 aliphatic heterocycles. The second kappa shape index (κ2) is 7.16. The molecule has 34 heavy (non-hydrogen) atoms. The van der Waals surface area contributed by atoms with Crippen molar-refractivity contribution in [3.63, 3.8) is 0 Å². The van der Waals surface area contributed by atoms with Crippen LogP contribution >= 0.6 is 0 Å². The van der Waals surface area contributed by atoms with Gasteiger partial charge in [-0.3, -0.25) is 14.4 Å². The third-order valence-corrected chi connectivity index (χ3v) is 10.6. The van der Waals surface area contributed by atoms with E-state index in [1.165, 1.54) is 6.92 Å². The predicted octanol–water partition coefficient (Wildman–Crippen LogP) is 3.51. The third kappa shape index (κ3) is 2.75. The van der Waals surface area contributed by atoms with E-state index in [-0.39, 0.29) is 40.8 Å². The average Bonchev–Trinajstić information content (AvgIpc) is 3.33. The zero-order valence-electron chi connectivity index (χ0n) is 21.1. The summed E-state index contributed by atoms with van der Waals surface area (Å²) in [6.45, 7) is 12.4. The second-order valence-corrected chi connectivity index (χ2v) is 12.3. The molecular formula is C28H37NO5. The highest BCUT2D eigenvalue weighted by atomic mass is 16.5. The lowest BCUT2D eigenvalue weighted by molar-refractivity contribution is -0.193. The molecule has 0 bridgehead atoms. The normalized spacial score (nSPS) is 46.6. The molecule has 2 fully saturated rings. The molecule has 0 aromatic rings. The number of esters is 1. The van der Waals surface area contributed by atoms with Crippen LogP contribution in [0.15, 0.2) is 35.5 Å². The third-order valence-electron chi connectivity index (χ3n) is 10.6. The Morgan fingerprint density at radius 2 is 1.76 bits per heavy atom. The maximum atomic E-state index is 12.8. The van der Waals surface area contributed by atoms with Crippen molar-refractivity contribution in [1.82, 2.24) is 5.32 Å². The fraction of sp³-hybridized carbons (Fsp3) is 0.679. The van der Waals surface area contributed by atoms with Crippen molar-refractivity contribution < 1.29 is 24.2 Å². The van der Waals surface area contributed by atoms with Crippen LogP contribution in [0.25, 0.3) is 0 Å². The average molecular weight is 468 g/mol. The SMILES string of the molecule is CC(=O)OC1CC2C3(C)C=CC(=O)C(C)(C)C3CC(O)C2(C)C2=CCC(C3=CCNC3=O)C21C. The number of aliphatic hydroxyl groups is 1. The fourth-order valence-electron chi connectivity index (χ4n) is 8.77. The Balaban J connectivity index is 1.67. The van der Waals surface area contributed by atoms with E-state index in [2.05, 4.69) is 38.2 Å². The summed E-state index contributed by atoms with van der Waals surface area (Å²) in [6.07, 6.45) is 8.68. The van der Waals surface area contributed by atoms with Gasteiger partial charge in [0.25, 0.3) is 0 Å². The van der Waals surface area contributed by atoms with Crippen molar-refractivity contribution in [2.24, 2.45) is 39.4 Å². The van der Waals surface area contributed by atoms with Gasteiger partial charge in [0.2, 0.25) is 5.91 Å². The smallest absolute Gasteiger partial charge is 0.302 e. The number of allylic oxidation sites excluding steroid dienone is 3. The number of hydrogen-bond donors (Lipinski definition) is 2. The van der Waals surface area contributed by atoms with Crippen molar-refractivity contribution in [2.45, 2.75) is 73.0 Å². The van der Waals surface area contributed by atoms with Gasteiger partial charge in [-0.15, -0.1) is 0 Å². The van der Waals surface area contributed by atoms with Gasteiger partial charge < -0.3 is 15.2 Å². The molecule has 4 aliphatic carbocycles. The van der Waals surface area contributed by atoms with Crippen LogP contribution in [-0.2, 0) is 19.1 Å². The minimum absolute atomic E-state index is 0.0194. The van der Waals surface area contributed by atoms with Gasteiger partial charge in [0, 0.05) is 41.2 Å². The summed E-state index contributed by atoms with van der Waals surface area (Å²) in [5.41, 5.74) is -0.202. The van der Waals surface area contributed by atoms with E-state index in [0.29, 0.717) is 25.8 Å². The van der Waals surface area contributed by atoms with Crippen LogP contribution in [0.1, 0.15) is 60.8 Å². The molecule has 0 radical (unpaired) electrons. The summed E-state index contributed by atoms with van der Waals surface area (Å²) in [7, 11) is 0. The number of hydrogen-bond acceptors (Lipinski definition) is 5. The molecule has 5 aliphatic rings. The Morgan fingerprint density at radius 1 is 1.06 bits per heavy atom. The molecule has 1 amide bonds. The number of ether oxygens (including phenoxy) is 1. The van der Waals surface area contributed by atoms with Gasteiger partial charge in [-0.1, -0.05) is 58.4 Å². The Hall–Kier alpha value is -2.21. The number of amides is 1. The highest BCUT2D eigenvalue weighted by molar-refractivity contribution is 5.97. The van der Waals surface area contributed by atoms with E-state index in [4.69, 9.17) is 4.74 Å². The lowest BCUT2D eigenvalue weighted by Crippen LogP contribution is -2.66. The quantitative estimate of drug-likeness (QED) is 0.479. The number of carbonyl (C=O) groups excluding carboxylic acids is 3. The Labute approximate surface area is 201 Å². The Bertz CT molecular complexity index is 1070. The minimum atomic E-state index is -0.636.